The van der Waals surface area contributed by atoms with E-state index in [1.54, 1.807) is 29.8 Å². The van der Waals surface area contributed by atoms with E-state index in [-0.39, 0.29) is 16.4 Å². The second-order valence-electron chi connectivity index (χ2n) is 7.07. The number of nitrogens with one attached hydrogen (secondary N) is 1. The number of hydrogen-bond acceptors (Lipinski definition) is 4. The lowest BCUT2D eigenvalue weighted by molar-refractivity contribution is -0.576. The highest BCUT2D eigenvalue weighted by Gasteiger charge is 2.25. The summed E-state index contributed by atoms with van der Waals surface area (Å²) in [6.45, 7) is 5.56. The van der Waals surface area contributed by atoms with E-state index in [1.165, 1.54) is 6.07 Å². The molecular weight excluding hydrogens is 398 g/mol. The molecule has 0 radical (unpaired) electrons. The van der Waals surface area contributed by atoms with E-state index in [4.69, 9.17) is 12.2 Å². The summed E-state index contributed by atoms with van der Waals surface area (Å²) in [7, 11) is 0. The zero-order valence-corrected chi connectivity index (χ0v) is 17.7. The lowest BCUT2D eigenvalue weighted by Gasteiger charge is -2.11. The van der Waals surface area contributed by atoms with Crippen molar-refractivity contribution in [1.82, 2.24) is 0 Å². The molecule has 7 heteroatoms. The van der Waals surface area contributed by atoms with Crippen LogP contribution in [0.15, 0.2) is 67.0 Å². The number of nitrogens with zero attached hydrogens (tertiary/aromatic N) is 2. The van der Waals surface area contributed by atoms with Crippen molar-refractivity contribution >= 4 is 40.0 Å². The molecule has 152 valence electrons. The fraction of sp³-hybridized carbons (Fsp3) is 0.130. The first kappa shape index (κ1) is 21.1. The summed E-state index contributed by atoms with van der Waals surface area (Å²) in [4.78, 5) is 11.2. The van der Waals surface area contributed by atoms with Gasteiger partial charge in [-0.25, -0.2) is 0 Å². The van der Waals surface area contributed by atoms with E-state index in [0.29, 0.717) is 16.8 Å². The topological polar surface area (TPSA) is 79.3 Å². The number of aliphatic hydroxyl groups excluding tert-OH is 1. The summed E-state index contributed by atoms with van der Waals surface area (Å²) in [5, 5.41) is 25.6. The number of hydrogen-bond donors (Lipinski definition) is 2. The molecule has 0 amide bonds. The monoisotopic (exact) mass is 420 g/mol. The van der Waals surface area contributed by atoms with Gasteiger partial charge in [0.15, 0.2) is 23.1 Å². The van der Waals surface area contributed by atoms with E-state index in [2.05, 4.69) is 5.32 Å². The van der Waals surface area contributed by atoms with Crippen LogP contribution in [-0.4, -0.2) is 15.0 Å². The van der Waals surface area contributed by atoms with Gasteiger partial charge in [0.1, 0.15) is 0 Å². The predicted octanol–water partition coefficient (Wildman–Crippen LogP) is 5.13. The maximum Gasteiger partial charge on any atom is 0.288 e. The van der Waals surface area contributed by atoms with Crippen LogP contribution < -0.4 is 9.88 Å². The Kier molecular flexibility index (Phi) is 6.23. The molecule has 0 atom stereocenters. The second-order valence-corrected chi connectivity index (χ2v) is 7.48. The van der Waals surface area contributed by atoms with Crippen molar-refractivity contribution in [2.45, 2.75) is 20.8 Å². The number of pyridine rings is 1. The quantitative estimate of drug-likeness (QED) is 0.149. The smallest absolute Gasteiger partial charge is 0.288 e. The van der Waals surface area contributed by atoms with Gasteiger partial charge in [-0.1, -0.05) is 36.5 Å². The fourth-order valence-corrected chi connectivity index (χ4v) is 3.40. The normalized spacial score (nSPS) is 11.6. The number of rotatable bonds is 5. The Morgan fingerprint density at radius 1 is 1.07 bits per heavy atom. The maximum absolute atomic E-state index is 11.4. The van der Waals surface area contributed by atoms with Gasteiger partial charge in [-0.3, -0.25) is 10.1 Å². The minimum absolute atomic E-state index is 0.0646. The van der Waals surface area contributed by atoms with Crippen LogP contribution in [0.3, 0.4) is 0 Å². The summed E-state index contributed by atoms with van der Waals surface area (Å²) in [6, 6.07) is 16.1. The molecule has 1 heterocycles. The van der Waals surface area contributed by atoms with Gasteiger partial charge in [-0.05, 0) is 44.5 Å². The first-order valence-electron chi connectivity index (χ1n) is 9.31. The number of thiocarbonyl (C=S) groups is 1. The molecule has 2 N–H and O–H groups in total. The molecule has 0 saturated carbocycles. The zero-order chi connectivity index (χ0) is 21.8. The molecule has 0 saturated heterocycles. The van der Waals surface area contributed by atoms with Gasteiger partial charge in [-0.15, -0.1) is 0 Å². The van der Waals surface area contributed by atoms with Crippen molar-refractivity contribution < 1.29 is 14.6 Å². The van der Waals surface area contributed by atoms with Crippen LogP contribution in [0.5, 0.6) is 0 Å². The molecule has 0 bridgehead atoms. The van der Waals surface area contributed by atoms with Crippen LogP contribution in [-0.2, 0) is 0 Å². The van der Waals surface area contributed by atoms with Crippen molar-refractivity contribution in [3.8, 4) is 0 Å². The number of aromatic nitrogens is 1. The molecule has 30 heavy (non-hydrogen) atoms. The van der Waals surface area contributed by atoms with E-state index in [0.717, 1.165) is 16.8 Å². The molecule has 0 spiro atoms. The third-order valence-electron chi connectivity index (χ3n) is 4.60. The first-order chi connectivity index (χ1) is 14.3. The highest BCUT2D eigenvalue weighted by Crippen LogP contribution is 2.25. The first-order valence-corrected chi connectivity index (χ1v) is 9.72. The third kappa shape index (κ3) is 4.69. The molecule has 0 fully saturated rings. The molecule has 3 rings (SSSR count). The summed E-state index contributed by atoms with van der Waals surface area (Å²) >= 11 is 5.63. The lowest BCUT2D eigenvalue weighted by atomic mass is 10.1. The SMILES string of the molecule is Cc1cccc(NC(=S)/C(=C(/O)c2ccc(C)c([N+](=O)[O-])c2)[n+]2cccc(C)c2)c1. The standard InChI is InChI=1S/C23H21N3O3S/c1-15-6-4-8-19(12-15)24-23(30)21(25-11-5-7-16(2)14-25)22(27)18-10-9-17(3)20(13-18)26(28)29/h4-14H,1-3H3,(H-,24,27,30)/p+1. The van der Waals surface area contributed by atoms with Crippen molar-refractivity contribution in [2.24, 2.45) is 0 Å². The minimum Gasteiger partial charge on any atom is -0.502 e. The number of anilines is 1. The van der Waals surface area contributed by atoms with Crippen LogP contribution in [0.25, 0.3) is 11.5 Å². The number of nitro benzene ring substituents is 1. The van der Waals surface area contributed by atoms with Gasteiger partial charge in [0.05, 0.1) is 4.92 Å². The number of nitro groups is 1. The molecule has 0 aliphatic rings. The van der Waals surface area contributed by atoms with E-state index in [1.807, 2.05) is 56.4 Å². The van der Waals surface area contributed by atoms with Crippen LogP contribution in [0.2, 0.25) is 0 Å². The Hall–Kier alpha value is -3.58. The number of aryl methyl sites for hydroxylation is 3. The average Bonchev–Trinajstić information content (AvgIpc) is 2.68. The largest absolute Gasteiger partial charge is 0.502 e. The van der Waals surface area contributed by atoms with Crippen LogP contribution in [0, 0.1) is 30.9 Å². The van der Waals surface area contributed by atoms with E-state index >= 15 is 0 Å². The Morgan fingerprint density at radius 3 is 2.47 bits per heavy atom. The molecule has 3 aromatic rings. The summed E-state index contributed by atoms with van der Waals surface area (Å²) in [5.41, 5.74) is 3.91. The van der Waals surface area contributed by atoms with Crippen molar-refractivity contribution in [1.29, 1.82) is 0 Å². The lowest BCUT2D eigenvalue weighted by Crippen LogP contribution is -2.38. The van der Waals surface area contributed by atoms with Gasteiger partial charge >= 0.3 is 0 Å². The molecule has 2 aromatic carbocycles. The van der Waals surface area contributed by atoms with Gasteiger partial charge in [0, 0.05) is 34.5 Å². The third-order valence-corrected chi connectivity index (χ3v) is 4.90. The summed E-state index contributed by atoms with van der Waals surface area (Å²) in [6.07, 6.45) is 3.60. The zero-order valence-electron chi connectivity index (χ0n) is 16.9. The van der Waals surface area contributed by atoms with Crippen molar-refractivity contribution in [3.05, 3.63) is 99.4 Å². The Labute approximate surface area is 180 Å². The number of benzene rings is 2. The molecule has 0 unspecified atom stereocenters. The van der Waals surface area contributed by atoms with Crippen LogP contribution in [0.1, 0.15) is 22.3 Å². The van der Waals surface area contributed by atoms with Gasteiger partial charge < -0.3 is 10.4 Å². The minimum atomic E-state index is -0.463. The van der Waals surface area contributed by atoms with E-state index < -0.39 is 4.92 Å². The Balaban J connectivity index is 2.14. The van der Waals surface area contributed by atoms with Gasteiger partial charge in [0.25, 0.3) is 11.4 Å². The molecule has 6 nitrogen and oxygen atoms in total. The Morgan fingerprint density at radius 2 is 1.80 bits per heavy atom. The summed E-state index contributed by atoms with van der Waals surface area (Å²) in [5.74, 6) is -0.154. The van der Waals surface area contributed by atoms with Gasteiger partial charge in [-0.2, -0.15) is 4.57 Å². The molecule has 0 aliphatic carbocycles. The second kappa shape index (κ2) is 8.84. The van der Waals surface area contributed by atoms with Crippen molar-refractivity contribution in [3.63, 3.8) is 0 Å². The molecule has 1 aromatic heterocycles. The Bertz CT molecular complexity index is 1170. The average molecular weight is 421 g/mol. The van der Waals surface area contributed by atoms with Crippen LogP contribution >= 0.6 is 12.2 Å². The maximum atomic E-state index is 11.4. The predicted molar refractivity (Wildman–Crippen MR) is 122 cm³/mol. The fourth-order valence-electron chi connectivity index (χ4n) is 3.08. The molecular formula is C23H22N3O3S+. The number of aliphatic hydroxyl groups is 1. The molecule has 0 aliphatic heterocycles. The highest BCUT2D eigenvalue weighted by atomic mass is 32.1. The van der Waals surface area contributed by atoms with Gasteiger partial charge in [0.2, 0.25) is 0 Å². The summed E-state index contributed by atoms with van der Waals surface area (Å²) < 4.78 is 1.71. The highest BCUT2D eigenvalue weighted by molar-refractivity contribution is 7.81. The van der Waals surface area contributed by atoms with Crippen LogP contribution in [0.4, 0.5) is 11.4 Å². The van der Waals surface area contributed by atoms with Crippen molar-refractivity contribution in [2.75, 3.05) is 5.32 Å². The van der Waals surface area contributed by atoms with E-state index in [9.17, 15) is 15.2 Å².